The van der Waals surface area contributed by atoms with Crippen LogP contribution in [0.15, 0.2) is 4.47 Å². The number of carbonyl (C=O) groups is 1. The van der Waals surface area contributed by atoms with Crippen molar-refractivity contribution in [2.24, 2.45) is 11.8 Å². The number of aromatic amines is 1. The molecule has 0 bridgehead atoms. The molecule has 112 valence electrons. The number of amides is 1. The van der Waals surface area contributed by atoms with E-state index in [1.165, 1.54) is 12.8 Å². The van der Waals surface area contributed by atoms with Gasteiger partial charge in [0, 0.05) is 6.04 Å². The van der Waals surface area contributed by atoms with E-state index in [1.54, 1.807) is 0 Å². The van der Waals surface area contributed by atoms with Gasteiger partial charge < -0.3 is 5.32 Å². The molecule has 0 radical (unpaired) electrons. The summed E-state index contributed by atoms with van der Waals surface area (Å²) in [6.45, 7) is 8.65. The lowest BCUT2D eigenvalue weighted by Gasteiger charge is -2.34. The van der Waals surface area contributed by atoms with E-state index in [0.29, 0.717) is 23.4 Å². The summed E-state index contributed by atoms with van der Waals surface area (Å²) in [6.07, 6.45) is 3.52. The molecule has 1 aromatic heterocycles. The summed E-state index contributed by atoms with van der Waals surface area (Å²) in [6, 6.07) is 0.261. The SMILES string of the molecule is CC(C)c1[nH]nc(C(=O)NC2CCCC(C)C2C)c1Br. The predicted molar refractivity (Wildman–Crippen MR) is 83.8 cm³/mol. The van der Waals surface area contributed by atoms with Crippen LogP contribution in [-0.2, 0) is 0 Å². The molecular formula is C15H24BrN3O. The van der Waals surface area contributed by atoms with E-state index in [1.807, 2.05) is 0 Å². The molecule has 0 aliphatic heterocycles. The van der Waals surface area contributed by atoms with Gasteiger partial charge in [0.25, 0.3) is 5.91 Å². The summed E-state index contributed by atoms with van der Waals surface area (Å²) in [5, 5.41) is 10.3. The van der Waals surface area contributed by atoms with Crippen LogP contribution in [0.1, 0.15) is 69.1 Å². The van der Waals surface area contributed by atoms with Gasteiger partial charge in [-0.05, 0) is 40.1 Å². The molecule has 1 aliphatic rings. The minimum Gasteiger partial charge on any atom is -0.348 e. The molecule has 1 aliphatic carbocycles. The molecule has 3 atom stereocenters. The molecule has 2 rings (SSSR count). The fraction of sp³-hybridized carbons (Fsp3) is 0.733. The summed E-state index contributed by atoms with van der Waals surface area (Å²) in [4.78, 5) is 12.4. The second kappa shape index (κ2) is 6.29. The van der Waals surface area contributed by atoms with Gasteiger partial charge in [0.2, 0.25) is 0 Å². The fourth-order valence-corrected chi connectivity index (χ4v) is 3.71. The molecule has 1 fully saturated rings. The van der Waals surface area contributed by atoms with Crippen molar-refractivity contribution >= 4 is 21.8 Å². The Morgan fingerprint density at radius 3 is 2.70 bits per heavy atom. The Morgan fingerprint density at radius 2 is 2.10 bits per heavy atom. The van der Waals surface area contributed by atoms with E-state index in [0.717, 1.165) is 16.6 Å². The van der Waals surface area contributed by atoms with Crippen LogP contribution in [0.25, 0.3) is 0 Å². The third kappa shape index (κ3) is 3.08. The average molecular weight is 342 g/mol. The average Bonchev–Trinajstić information content (AvgIpc) is 2.77. The molecule has 4 nitrogen and oxygen atoms in total. The minimum absolute atomic E-state index is 0.0778. The third-order valence-electron chi connectivity index (χ3n) is 4.55. The Bertz CT molecular complexity index is 483. The minimum atomic E-state index is -0.0778. The van der Waals surface area contributed by atoms with Crippen LogP contribution in [0.4, 0.5) is 0 Å². The molecule has 0 spiro atoms. The standard InChI is InChI=1S/C15H24BrN3O/c1-8(2)13-12(16)14(19-18-13)15(20)17-11-7-5-6-9(3)10(11)4/h8-11H,5-7H2,1-4H3,(H,17,20)(H,18,19). The van der Waals surface area contributed by atoms with Gasteiger partial charge in [-0.25, -0.2) is 0 Å². The molecule has 20 heavy (non-hydrogen) atoms. The van der Waals surface area contributed by atoms with Crippen molar-refractivity contribution in [3.8, 4) is 0 Å². The van der Waals surface area contributed by atoms with Gasteiger partial charge in [-0.3, -0.25) is 9.89 Å². The number of hydrogen-bond acceptors (Lipinski definition) is 2. The Morgan fingerprint density at radius 1 is 1.40 bits per heavy atom. The summed E-state index contributed by atoms with van der Waals surface area (Å²) in [5.41, 5.74) is 1.44. The zero-order valence-corrected chi connectivity index (χ0v) is 14.3. The lowest BCUT2D eigenvalue weighted by molar-refractivity contribution is 0.0885. The quantitative estimate of drug-likeness (QED) is 0.877. The van der Waals surface area contributed by atoms with Crippen LogP contribution in [0.5, 0.6) is 0 Å². The number of H-pyrrole nitrogens is 1. The van der Waals surface area contributed by atoms with Crippen molar-refractivity contribution in [1.82, 2.24) is 15.5 Å². The number of hydrogen-bond donors (Lipinski definition) is 2. The first kappa shape index (κ1) is 15.5. The van der Waals surface area contributed by atoms with Crippen LogP contribution >= 0.6 is 15.9 Å². The summed E-state index contributed by atoms with van der Waals surface area (Å²) < 4.78 is 0.793. The Balaban J connectivity index is 2.08. The topological polar surface area (TPSA) is 57.8 Å². The van der Waals surface area contributed by atoms with Crippen molar-refractivity contribution in [3.05, 3.63) is 15.9 Å². The van der Waals surface area contributed by atoms with Gasteiger partial charge in [0.05, 0.1) is 10.2 Å². The largest absolute Gasteiger partial charge is 0.348 e. The van der Waals surface area contributed by atoms with Gasteiger partial charge >= 0.3 is 0 Å². The van der Waals surface area contributed by atoms with Crippen LogP contribution < -0.4 is 5.32 Å². The first-order chi connectivity index (χ1) is 9.41. The Labute approximate surface area is 129 Å². The van der Waals surface area contributed by atoms with E-state index >= 15 is 0 Å². The molecule has 2 N–H and O–H groups in total. The third-order valence-corrected chi connectivity index (χ3v) is 5.35. The van der Waals surface area contributed by atoms with E-state index in [4.69, 9.17) is 0 Å². The normalized spacial score (nSPS) is 26.8. The van der Waals surface area contributed by atoms with Crippen LogP contribution in [0.3, 0.4) is 0 Å². The lowest BCUT2D eigenvalue weighted by atomic mass is 9.78. The van der Waals surface area contributed by atoms with Gasteiger partial charge in [0.15, 0.2) is 5.69 Å². The number of nitrogens with one attached hydrogen (secondary N) is 2. The highest BCUT2D eigenvalue weighted by atomic mass is 79.9. The smallest absolute Gasteiger partial charge is 0.273 e. The van der Waals surface area contributed by atoms with Crippen molar-refractivity contribution < 1.29 is 4.79 Å². The summed E-state index contributed by atoms with van der Waals surface area (Å²) in [5.74, 6) is 1.43. The molecule has 5 heteroatoms. The molecular weight excluding hydrogens is 318 g/mol. The highest BCUT2D eigenvalue weighted by Gasteiger charge is 2.29. The summed E-state index contributed by atoms with van der Waals surface area (Å²) in [7, 11) is 0. The maximum Gasteiger partial charge on any atom is 0.273 e. The first-order valence-corrected chi connectivity index (χ1v) is 8.25. The van der Waals surface area contributed by atoms with E-state index in [9.17, 15) is 4.79 Å². The number of carbonyl (C=O) groups excluding carboxylic acids is 1. The Hall–Kier alpha value is -0.840. The fourth-order valence-electron chi connectivity index (χ4n) is 2.90. The highest BCUT2D eigenvalue weighted by Crippen LogP contribution is 2.30. The van der Waals surface area contributed by atoms with Gasteiger partial charge in [-0.15, -0.1) is 0 Å². The molecule has 0 aromatic carbocycles. The van der Waals surface area contributed by atoms with Crippen molar-refractivity contribution in [3.63, 3.8) is 0 Å². The molecule has 1 aromatic rings. The molecule has 1 heterocycles. The van der Waals surface area contributed by atoms with Gasteiger partial charge in [-0.1, -0.05) is 40.5 Å². The lowest BCUT2D eigenvalue weighted by Crippen LogP contribution is -2.43. The number of halogens is 1. The van der Waals surface area contributed by atoms with E-state index in [-0.39, 0.29) is 11.9 Å². The zero-order valence-electron chi connectivity index (χ0n) is 12.7. The van der Waals surface area contributed by atoms with Gasteiger partial charge in [-0.2, -0.15) is 5.10 Å². The second-order valence-corrected chi connectivity index (χ2v) is 7.09. The van der Waals surface area contributed by atoms with Crippen molar-refractivity contribution in [2.45, 2.75) is 58.9 Å². The maximum atomic E-state index is 12.4. The van der Waals surface area contributed by atoms with Crippen LogP contribution in [0, 0.1) is 11.8 Å². The molecule has 1 amide bonds. The molecule has 0 saturated heterocycles. The van der Waals surface area contributed by atoms with Crippen LogP contribution in [-0.4, -0.2) is 22.1 Å². The first-order valence-electron chi connectivity index (χ1n) is 7.46. The predicted octanol–water partition coefficient (Wildman–Crippen LogP) is 3.85. The Kier molecular flexibility index (Phi) is 4.89. The van der Waals surface area contributed by atoms with Crippen molar-refractivity contribution in [2.75, 3.05) is 0 Å². The monoisotopic (exact) mass is 341 g/mol. The van der Waals surface area contributed by atoms with Crippen molar-refractivity contribution in [1.29, 1.82) is 0 Å². The number of rotatable bonds is 3. The van der Waals surface area contributed by atoms with Crippen LogP contribution in [0.2, 0.25) is 0 Å². The molecule has 1 saturated carbocycles. The highest BCUT2D eigenvalue weighted by molar-refractivity contribution is 9.10. The second-order valence-electron chi connectivity index (χ2n) is 6.30. The number of nitrogens with zero attached hydrogens (tertiary/aromatic N) is 1. The maximum absolute atomic E-state index is 12.4. The zero-order chi connectivity index (χ0) is 14.9. The van der Waals surface area contributed by atoms with Gasteiger partial charge in [0.1, 0.15) is 0 Å². The van der Waals surface area contributed by atoms with E-state index < -0.39 is 0 Å². The number of aromatic nitrogens is 2. The summed E-state index contributed by atoms with van der Waals surface area (Å²) >= 11 is 3.49. The molecule has 3 unspecified atom stereocenters. The van der Waals surface area contributed by atoms with E-state index in [2.05, 4.69) is 59.1 Å².